The summed E-state index contributed by atoms with van der Waals surface area (Å²) in [5, 5.41) is 7.13. The molecular formula is C22H25FN4O2. The van der Waals surface area contributed by atoms with Crippen molar-refractivity contribution < 1.29 is 13.6 Å². The number of aromatic nitrogens is 3. The van der Waals surface area contributed by atoms with E-state index in [0.717, 1.165) is 29.9 Å². The van der Waals surface area contributed by atoms with E-state index in [1.807, 2.05) is 11.0 Å². The van der Waals surface area contributed by atoms with Crippen LogP contribution in [-0.2, 0) is 6.42 Å². The third-order valence-corrected chi connectivity index (χ3v) is 5.36. The van der Waals surface area contributed by atoms with Crippen LogP contribution in [-0.4, -0.2) is 39.1 Å². The molecule has 4 rings (SSSR count). The summed E-state index contributed by atoms with van der Waals surface area (Å²) in [5.74, 6) is 1.45. The van der Waals surface area contributed by atoms with Gasteiger partial charge in [0, 0.05) is 25.2 Å². The molecule has 0 aliphatic carbocycles. The van der Waals surface area contributed by atoms with Crippen LogP contribution in [0.1, 0.15) is 71.9 Å². The Morgan fingerprint density at radius 1 is 1.34 bits per heavy atom. The molecule has 1 atom stereocenters. The standard InChI is InChI=1S/C22H25FN4O2/c1-14(2)19-11-20(26-25-19)22(28)27-9-3-4-16(13-27)21-24-12-18(29-21)10-15-5-7-17(23)8-6-15/h5-8,11-12,14,16H,3-4,9-10,13H2,1-2H3,(H,25,26)/t16-/m1/s1. The minimum atomic E-state index is -0.253. The number of amides is 1. The maximum Gasteiger partial charge on any atom is 0.274 e. The molecule has 1 N–H and O–H groups in total. The Hall–Kier alpha value is -2.96. The van der Waals surface area contributed by atoms with E-state index < -0.39 is 0 Å². The molecule has 1 aliphatic heterocycles. The number of aromatic amines is 1. The van der Waals surface area contributed by atoms with E-state index in [9.17, 15) is 9.18 Å². The fourth-order valence-corrected chi connectivity index (χ4v) is 3.66. The third kappa shape index (κ3) is 4.39. The highest BCUT2D eigenvalue weighted by atomic mass is 19.1. The molecule has 0 unspecified atom stereocenters. The van der Waals surface area contributed by atoms with Crippen molar-refractivity contribution in [2.24, 2.45) is 0 Å². The normalized spacial score (nSPS) is 17.1. The fraction of sp³-hybridized carbons (Fsp3) is 0.409. The van der Waals surface area contributed by atoms with Crippen LogP contribution >= 0.6 is 0 Å². The molecule has 2 aromatic heterocycles. The number of hydrogen-bond acceptors (Lipinski definition) is 4. The summed E-state index contributed by atoms with van der Waals surface area (Å²) in [4.78, 5) is 19.1. The lowest BCUT2D eigenvalue weighted by molar-refractivity contribution is 0.0692. The van der Waals surface area contributed by atoms with Gasteiger partial charge in [-0.25, -0.2) is 9.37 Å². The number of benzene rings is 1. The lowest BCUT2D eigenvalue weighted by Gasteiger charge is -2.30. The number of carbonyl (C=O) groups excluding carboxylic acids is 1. The molecule has 0 bridgehead atoms. The van der Waals surface area contributed by atoms with Gasteiger partial charge in [-0.15, -0.1) is 0 Å². The Morgan fingerprint density at radius 3 is 2.86 bits per heavy atom. The van der Waals surface area contributed by atoms with Crippen LogP contribution in [0.25, 0.3) is 0 Å². The summed E-state index contributed by atoms with van der Waals surface area (Å²) in [5.41, 5.74) is 2.38. The van der Waals surface area contributed by atoms with Gasteiger partial charge in [-0.05, 0) is 42.5 Å². The van der Waals surface area contributed by atoms with Gasteiger partial charge in [0.05, 0.1) is 12.1 Å². The van der Waals surface area contributed by atoms with E-state index in [-0.39, 0.29) is 17.6 Å². The maximum atomic E-state index is 13.1. The number of piperidine rings is 1. The number of halogens is 1. The Kier molecular flexibility index (Phi) is 5.47. The van der Waals surface area contributed by atoms with E-state index >= 15 is 0 Å². The van der Waals surface area contributed by atoms with Gasteiger partial charge in [-0.1, -0.05) is 26.0 Å². The van der Waals surface area contributed by atoms with E-state index in [1.54, 1.807) is 18.3 Å². The summed E-state index contributed by atoms with van der Waals surface area (Å²) in [6.45, 7) is 5.40. The van der Waals surface area contributed by atoms with Gasteiger partial charge in [0.15, 0.2) is 5.89 Å². The average molecular weight is 396 g/mol. The molecule has 0 spiro atoms. The van der Waals surface area contributed by atoms with E-state index in [0.29, 0.717) is 37.0 Å². The summed E-state index contributed by atoms with van der Waals surface area (Å²) in [6.07, 6.45) is 4.11. The lowest BCUT2D eigenvalue weighted by Crippen LogP contribution is -2.39. The SMILES string of the molecule is CC(C)c1cc(C(=O)N2CCC[C@@H](c3ncc(Cc4ccc(F)cc4)o3)C2)n[nH]1. The van der Waals surface area contributed by atoms with Gasteiger partial charge < -0.3 is 9.32 Å². The maximum absolute atomic E-state index is 13.1. The lowest BCUT2D eigenvalue weighted by atomic mass is 9.97. The molecule has 1 saturated heterocycles. The van der Waals surface area contributed by atoms with Crippen molar-refractivity contribution in [3.05, 3.63) is 70.9 Å². The summed E-state index contributed by atoms with van der Waals surface area (Å²) >= 11 is 0. The molecular weight excluding hydrogens is 371 g/mol. The number of H-pyrrole nitrogens is 1. The highest BCUT2D eigenvalue weighted by Crippen LogP contribution is 2.28. The van der Waals surface area contributed by atoms with Crippen LogP contribution in [0.5, 0.6) is 0 Å². The van der Waals surface area contributed by atoms with Crippen molar-refractivity contribution in [3.63, 3.8) is 0 Å². The zero-order valence-electron chi connectivity index (χ0n) is 16.7. The summed E-state index contributed by atoms with van der Waals surface area (Å²) in [6, 6.07) is 8.21. The van der Waals surface area contributed by atoms with Gasteiger partial charge in [0.25, 0.3) is 5.91 Å². The van der Waals surface area contributed by atoms with Crippen LogP contribution in [0.4, 0.5) is 4.39 Å². The first-order valence-electron chi connectivity index (χ1n) is 10.0. The highest BCUT2D eigenvalue weighted by molar-refractivity contribution is 5.92. The van der Waals surface area contributed by atoms with Gasteiger partial charge in [-0.2, -0.15) is 5.10 Å². The monoisotopic (exact) mass is 396 g/mol. The second-order valence-electron chi connectivity index (χ2n) is 7.92. The first-order valence-corrected chi connectivity index (χ1v) is 10.0. The molecule has 1 aromatic carbocycles. The fourth-order valence-electron chi connectivity index (χ4n) is 3.66. The first-order chi connectivity index (χ1) is 14.0. The van der Waals surface area contributed by atoms with E-state index in [4.69, 9.17) is 4.42 Å². The van der Waals surface area contributed by atoms with Crippen molar-refractivity contribution in [1.82, 2.24) is 20.1 Å². The average Bonchev–Trinajstić information content (AvgIpc) is 3.39. The Morgan fingerprint density at radius 2 is 2.14 bits per heavy atom. The van der Waals surface area contributed by atoms with Crippen LogP contribution in [0.2, 0.25) is 0 Å². The molecule has 0 saturated carbocycles. The van der Waals surface area contributed by atoms with Crippen LogP contribution < -0.4 is 0 Å². The van der Waals surface area contributed by atoms with Crippen molar-refractivity contribution >= 4 is 5.91 Å². The molecule has 29 heavy (non-hydrogen) atoms. The molecule has 1 fully saturated rings. The van der Waals surface area contributed by atoms with Crippen molar-refractivity contribution in [2.45, 2.75) is 44.9 Å². The van der Waals surface area contributed by atoms with E-state index in [1.165, 1.54) is 12.1 Å². The van der Waals surface area contributed by atoms with Gasteiger partial charge in [-0.3, -0.25) is 9.89 Å². The highest BCUT2D eigenvalue weighted by Gasteiger charge is 2.29. The van der Waals surface area contributed by atoms with Crippen molar-refractivity contribution in [1.29, 1.82) is 0 Å². The number of carbonyl (C=O) groups is 1. The molecule has 152 valence electrons. The number of oxazole rings is 1. The number of likely N-dealkylation sites (tertiary alicyclic amines) is 1. The first kappa shape index (κ1) is 19.4. The minimum Gasteiger partial charge on any atom is -0.445 e. The van der Waals surface area contributed by atoms with Crippen molar-refractivity contribution in [3.8, 4) is 0 Å². The van der Waals surface area contributed by atoms with Gasteiger partial charge in [0.2, 0.25) is 0 Å². The molecule has 0 radical (unpaired) electrons. The number of rotatable bonds is 5. The molecule has 3 heterocycles. The topological polar surface area (TPSA) is 75.0 Å². The Bertz CT molecular complexity index is 977. The third-order valence-electron chi connectivity index (χ3n) is 5.36. The number of hydrogen-bond donors (Lipinski definition) is 1. The quantitative estimate of drug-likeness (QED) is 0.699. The van der Waals surface area contributed by atoms with Gasteiger partial charge in [0.1, 0.15) is 17.3 Å². The minimum absolute atomic E-state index is 0.0593. The predicted molar refractivity (Wildman–Crippen MR) is 106 cm³/mol. The van der Waals surface area contributed by atoms with Crippen LogP contribution in [0.15, 0.2) is 40.9 Å². The summed E-state index contributed by atoms with van der Waals surface area (Å²) in [7, 11) is 0. The van der Waals surface area contributed by atoms with Crippen molar-refractivity contribution in [2.75, 3.05) is 13.1 Å². The second kappa shape index (κ2) is 8.19. The smallest absolute Gasteiger partial charge is 0.274 e. The molecule has 1 amide bonds. The Labute approximate surface area is 169 Å². The zero-order valence-corrected chi connectivity index (χ0v) is 16.7. The number of nitrogens with zero attached hydrogens (tertiary/aromatic N) is 3. The molecule has 7 heteroatoms. The molecule has 3 aromatic rings. The number of nitrogens with one attached hydrogen (secondary N) is 1. The Balaban J connectivity index is 1.42. The van der Waals surface area contributed by atoms with Gasteiger partial charge >= 0.3 is 0 Å². The van der Waals surface area contributed by atoms with E-state index in [2.05, 4.69) is 29.0 Å². The predicted octanol–water partition coefficient (Wildman–Crippen LogP) is 4.27. The largest absolute Gasteiger partial charge is 0.445 e. The summed E-state index contributed by atoms with van der Waals surface area (Å²) < 4.78 is 19.0. The second-order valence-corrected chi connectivity index (χ2v) is 7.92. The zero-order chi connectivity index (χ0) is 20.4. The van der Waals surface area contributed by atoms with Crippen LogP contribution in [0.3, 0.4) is 0 Å². The van der Waals surface area contributed by atoms with Crippen LogP contribution in [0, 0.1) is 5.82 Å². The molecule has 6 nitrogen and oxygen atoms in total. The molecule has 1 aliphatic rings.